The maximum atomic E-state index is 13.3. The van der Waals surface area contributed by atoms with E-state index in [1.165, 1.54) is 23.9 Å². The molecule has 1 saturated heterocycles. The standard InChI is InChI=1S/C32H28FN5O3S/c33-25-11-9-21(10-12-25)20-41-27-8-4-5-23(17-27)29-24(19-38(36-29)26-6-2-1-3-7-26)18-28-31(40)35-32(42-28)37-15-13-22(14-16-37)30(34)39/h1-12,17-19,22H,13-16,20H2,(H2,34,39)/b28-18-. The Balaban J connectivity index is 1.27. The molecule has 42 heavy (non-hydrogen) atoms. The Labute approximate surface area is 246 Å². The monoisotopic (exact) mass is 581 g/mol. The number of likely N-dealkylation sites (tertiary alicyclic amines) is 1. The van der Waals surface area contributed by atoms with Crippen LogP contribution in [0.3, 0.4) is 0 Å². The molecular formula is C32H28FN5O3S. The number of halogens is 1. The summed E-state index contributed by atoms with van der Waals surface area (Å²) in [4.78, 5) is 31.4. The lowest BCUT2D eigenvalue weighted by molar-refractivity contribution is -0.123. The zero-order chi connectivity index (χ0) is 29.1. The second-order valence-electron chi connectivity index (χ2n) is 10.1. The number of para-hydroxylation sites is 1. The highest BCUT2D eigenvalue weighted by Gasteiger charge is 2.31. The molecule has 1 fully saturated rings. The van der Waals surface area contributed by atoms with Crippen LogP contribution in [-0.4, -0.2) is 44.8 Å². The number of aliphatic imine (C=N–C) groups is 1. The molecule has 212 valence electrons. The lowest BCUT2D eigenvalue weighted by atomic mass is 9.97. The SMILES string of the molecule is NC(=O)C1CCN(C2=NC(=O)/C(=C/c3cn(-c4ccccc4)nc3-c3cccc(OCc4ccc(F)cc4)c3)S2)CC1. The van der Waals surface area contributed by atoms with Crippen molar-refractivity contribution in [1.29, 1.82) is 0 Å². The van der Waals surface area contributed by atoms with Gasteiger partial charge in [0.15, 0.2) is 5.17 Å². The van der Waals surface area contributed by atoms with E-state index in [1.54, 1.807) is 16.8 Å². The summed E-state index contributed by atoms with van der Waals surface area (Å²) in [6.45, 7) is 1.55. The number of thioether (sulfide) groups is 1. The lowest BCUT2D eigenvalue weighted by Gasteiger charge is -2.31. The Hall–Kier alpha value is -4.70. The van der Waals surface area contributed by atoms with Crippen molar-refractivity contribution in [3.63, 3.8) is 0 Å². The highest BCUT2D eigenvalue weighted by atomic mass is 32.2. The topological polar surface area (TPSA) is 103 Å². The summed E-state index contributed by atoms with van der Waals surface area (Å²) in [6.07, 6.45) is 5.02. The predicted octanol–water partition coefficient (Wildman–Crippen LogP) is 5.43. The zero-order valence-electron chi connectivity index (χ0n) is 22.7. The van der Waals surface area contributed by atoms with Gasteiger partial charge in [-0.25, -0.2) is 9.07 Å². The quantitative estimate of drug-likeness (QED) is 0.292. The Morgan fingerprint density at radius 1 is 1.05 bits per heavy atom. The molecule has 0 saturated carbocycles. The molecule has 2 N–H and O–H groups in total. The largest absolute Gasteiger partial charge is 0.489 e. The number of piperidine rings is 1. The number of primary amides is 1. The fraction of sp³-hybridized carbons (Fsp3) is 0.188. The number of nitrogens with two attached hydrogens (primary N) is 1. The fourth-order valence-corrected chi connectivity index (χ4v) is 5.90. The Bertz CT molecular complexity index is 1680. The number of hydrogen-bond donors (Lipinski definition) is 1. The number of amidine groups is 1. The maximum Gasteiger partial charge on any atom is 0.286 e. The summed E-state index contributed by atoms with van der Waals surface area (Å²) in [7, 11) is 0. The van der Waals surface area contributed by atoms with Gasteiger partial charge in [-0.05, 0) is 72.6 Å². The number of amides is 2. The summed E-state index contributed by atoms with van der Waals surface area (Å²) in [5, 5.41) is 5.52. The normalized spacial score (nSPS) is 16.6. The van der Waals surface area contributed by atoms with Gasteiger partial charge in [0.25, 0.3) is 5.91 Å². The zero-order valence-corrected chi connectivity index (χ0v) is 23.5. The minimum atomic E-state index is -0.304. The van der Waals surface area contributed by atoms with Crippen molar-refractivity contribution in [3.05, 3.63) is 107 Å². The van der Waals surface area contributed by atoms with Crippen LogP contribution in [0.2, 0.25) is 0 Å². The van der Waals surface area contributed by atoms with Gasteiger partial charge in [0.2, 0.25) is 5.91 Å². The smallest absolute Gasteiger partial charge is 0.286 e. The van der Waals surface area contributed by atoms with Gasteiger partial charge >= 0.3 is 0 Å². The summed E-state index contributed by atoms with van der Waals surface area (Å²) in [5.41, 5.74) is 9.47. The minimum absolute atomic E-state index is 0.138. The van der Waals surface area contributed by atoms with E-state index < -0.39 is 0 Å². The second kappa shape index (κ2) is 12.0. The van der Waals surface area contributed by atoms with Crippen LogP contribution in [0.4, 0.5) is 4.39 Å². The van der Waals surface area contributed by atoms with Gasteiger partial charge < -0.3 is 15.4 Å². The molecule has 0 radical (unpaired) electrons. The average Bonchev–Trinajstić information content (AvgIpc) is 3.61. The van der Waals surface area contributed by atoms with Gasteiger partial charge in [-0.3, -0.25) is 9.59 Å². The van der Waals surface area contributed by atoms with Crippen LogP contribution in [0.25, 0.3) is 23.0 Å². The molecule has 0 aliphatic carbocycles. The van der Waals surface area contributed by atoms with Crippen LogP contribution in [0.15, 0.2) is 95.0 Å². The predicted molar refractivity (Wildman–Crippen MR) is 161 cm³/mol. The molecule has 0 bridgehead atoms. The van der Waals surface area contributed by atoms with Gasteiger partial charge in [0, 0.05) is 36.3 Å². The van der Waals surface area contributed by atoms with E-state index in [-0.39, 0.29) is 23.5 Å². The number of aromatic nitrogens is 2. The van der Waals surface area contributed by atoms with Crippen LogP contribution in [0.1, 0.15) is 24.0 Å². The van der Waals surface area contributed by atoms with E-state index in [0.717, 1.165) is 22.4 Å². The molecule has 0 spiro atoms. The fourth-order valence-electron chi connectivity index (χ4n) is 4.94. The van der Waals surface area contributed by atoms with Crippen molar-refractivity contribution in [3.8, 4) is 22.7 Å². The van der Waals surface area contributed by atoms with Crippen LogP contribution < -0.4 is 10.5 Å². The molecule has 3 aromatic carbocycles. The molecule has 0 unspecified atom stereocenters. The van der Waals surface area contributed by atoms with Crippen LogP contribution in [0, 0.1) is 11.7 Å². The van der Waals surface area contributed by atoms with Crippen LogP contribution in [0.5, 0.6) is 5.75 Å². The van der Waals surface area contributed by atoms with Gasteiger partial charge in [0.05, 0.1) is 10.6 Å². The number of nitrogens with zero attached hydrogens (tertiary/aromatic N) is 4. The molecular weight excluding hydrogens is 553 g/mol. The summed E-state index contributed by atoms with van der Waals surface area (Å²) in [6, 6.07) is 23.5. The first-order chi connectivity index (χ1) is 20.4. The van der Waals surface area contributed by atoms with Crippen LogP contribution >= 0.6 is 11.8 Å². The Morgan fingerprint density at radius 3 is 2.55 bits per heavy atom. The van der Waals surface area contributed by atoms with E-state index >= 15 is 0 Å². The van der Waals surface area contributed by atoms with Gasteiger partial charge in [-0.2, -0.15) is 10.1 Å². The first kappa shape index (κ1) is 27.5. The van der Waals surface area contributed by atoms with Crippen molar-refractivity contribution in [1.82, 2.24) is 14.7 Å². The molecule has 6 rings (SSSR count). The van der Waals surface area contributed by atoms with E-state index in [4.69, 9.17) is 15.6 Å². The third-order valence-electron chi connectivity index (χ3n) is 7.25. The lowest BCUT2D eigenvalue weighted by Crippen LogP contribution is -2.40. The Morgan fingerprint density at radius 2 is 1.81 bits per heavy atom. The number of carbonyl (C=O) groups is 2. The molecule has 8 nitrogen and oxygen atoms in total. The first-order valence-electron chi connectivity index (χ1n) is 13.6. The molecule has 0 atom stereocenters. The summed E-state index contributed by atoms with van der Waals surface area (Å²) < 4.78 is 21.1. The minimum Gasteiger partial charge on any atom is -0.489 e. The number of ether oxygens (including phenoxy) is 1. The molecule has 2 aliphatic heterocycles. The van der Waals surface area contributed by atoms with Crippen molar-refractivity contribution in [2.75, 3.05) is 13.1 Å². The van der Waals surface area contributed by atoms with Crippen molar-refractivity contribution >= 4 is 34.8 Å². The van der Waals surface area contributed by atoms with E-state index in [2.05, 4.69) is 4.99 Å². The number of rotatable bonds is 7. The molecule has 1 aromatic heterocycles. The van der Waals surface area contributed by atoms with Gasteiger partial charge in [-0.1, -0.05) is 42.5 Å². The summed E-state index contributed by atoms with van der Waals surface area (Å²) in [5.74, 6) is -0.371. The molecule has 4 aromatic rings. The van der Waals surface area contributed by atoms with Crippen molar-refractivity contribution in [2.24, 2.45) is 16.6 Å². The number of hydrogen-bond acceptors (Lipinski definition) is 6. The third kappa shape index (κ3) is 6.13. The van der Waals surface area contributed by atoms with E-state index in [9.17, 15) is 14.0 Å². The van der Waals surface area contributed by atoms with Gasteiger partial charge in [0.1, 0.15) is 23.9 Å². The molecule has 3 heterocycles. The second-order valence-corrected chi connectivity index (χ2v) is 11.1. The molecule has 2 aliphatic rings. The van der Waals surface area contributed by atoms with Crippen LogP contribution in [-0.2, 0) is 16.2 Å². The average molecular weight is 582 g/mol. The first-order valence-corrected chi connectivity index (χ1v) is 14.4. The van der Waals surface area contributed by atoms with E-state index in [0.29, 0.717) is 54.1 Å². The number of carbonyl (C=O) groups excluding carboxylic acids is 2. The molecule has 2 amide bonds. The maximum absolute atomic E-state index is 13.3. The number of benzene rings is 3. The third-order valence-corrected chi connectivity index (χ3v) is 8.30. The Kier molecular flexibility index (Phi) is 7.87. The van der Waals surface area contributed by atoms with E-state index in [1.807, 2.05) is 71.8 Å². The highest BCUT2D eigenvalue weighted by Crippen LogP contribution is 2.35. The summed E-state index contributed by atoms with van der Waals surface area (Å²) >= 11 is 1.33. The highest BCUT2D eigenvalue weighted by molar-refractivity contribution is 8.18. The van der Waals surface area contributed by atoms with Crippen molar-refractivity contribution in [2.45, 2.75) is 19.4 Å². The molecule has 10 heteroatoms. The van der Waals surface area contributed by atoms with Gasteiger partial charge in [-0.15, -0.1) is 0 Å². The van der Waals surface area contributed by atoms with Crippen molar-refractivity contribution < 1.29 is 18.7 Å².